The van der Waals surface area contributed by atoms with Crippen LogP contribution in [0.15, 0.2) is 53.8 Å². The molecule has 2 fully saturated rings. The third-order valence-corrected chi connectivity index (χ3v) is 6.19. The number of piperazine rings is 1. The Labute approximate surface area is 209 Å². The highest BCUT2D eigenvalue weighted by Gasteiger charge is 2.26. The second kappa shape index (κ2) is 12.9. The number of aliphatic imine (C=N–C) groups is 1. The number of likely N-dealkylation sites (tertiary alicyclic amines) is 1. The van der Waals surface area contributed by atoms with Gasteiger partial charge in [0.1, 0.15) is 0 Å². The summed E-state index contributed by atoms with van der Waals surface area (Å²) >= 11 is 0. The Morgan fingerprint density at radius 1 is 1.03 bits per heavy atom. The van der Waals surface area contributed by atoms with Gasteiger partial charge in [0.15, 0.2) is 5.96 Å². The number of halogens is 1. The van der Waals surface area contributed by atoms with Crippen molar-refractivity contribution in [1.29, 1.82) is 0 Å². The van der Waals surface area contributed by atoms with Gasteiger partial charge in [-0.2, -0.15) is 0 Å². The fourth-order valence-electron chi connectivity index (χ4n) is 4.48. The van der Waals surface area contributed by atoms with Crippen LogP contribution in [0, 0.1) is 0 Å². The van der Waals surface area contributed by atoms with E-state index in [1.807, 2.05) is 18.5 Å². The van der Waals surface area contributed by atoms with Crippen LogP contribution in [0.4, 0.5) is 5.95 Å². The van der Waals surface area contributed by atoms with Crippen LogP contribution in [0.25, 0.3) is 0 Å². The van der Waals surface area contributed by atoms with Gasteiger partial charge in [-0.05, 0) is 31.4 Å². The van der Waals surface area contributed by atoms with E-state index in [4.69, 9.17) is 4.99 Å². The summed E-state index contributed by atoms with van der Waals surface area (Å²) in [4.78, 5) is 20.9. The molecule has 2 saturated heterocycles. The van der Waals surface area contributed by atoms with E-state index in [9.17, 15) is 0 Å². The molecule has 32 heavy (non-hydrogen) atoms. The molecule has 8 heteroatoms. The molecular weight excluding hydrogens is 513 g/mol. The molecular formula is C24H36IN7. The normalized spacial score (nSPS) is 19.7. The predicted octanol–water partition coefficient (Wildman–Crippen LogP) is 3.06. The standard InChI is InChI=1S/C24H35N7.HI/c1-2-25-23(31-15-10-22(20-31)21-8-4-3-5-9-21)28-13-7-14-29-16-18-30(19-17-29)24-26-11-6-12-27-24;/h3-6,8-9,11-12,22H,2,7,10,13-20H2,1H3,(H,25,28);1H. The number of rotatable bonds is 7. The summed E-state index contributed by atoms with van der Waals surface area (Å²) in [5.74, 6) is 2.53. The third-order valence-electron chi connectivity index (χ3n) is 6.19. The van der Waals surface area contributed by atoms with E-state index in [0.29, 0.717) is 5.92 Å². The number of benzene rings is 1. The van der Waals surface area contributed by atoms with Crippen molar-refractivity contribution in [2.45, 2.75) is 25.7 Å². The van der Waals surface area contributed by atoms with E-state index in [2.05, 4.69) is 67.2 Å². The molecule has 174 valence electrons. The van der Waals surface area contributed by atoms with E-state index < -0.39 is 0 Å². The predicted molar refractivity (Wildman–Crippen MR) is 142 cm³/mol. The maximum absolute atomic E-state index is 4.94. The number of aromatic nitrogens is 2. The number of guanidine groups is 1. The fourth-order valence-corrected chi connectivity index (χ4v) is 4.48. The third kappa shape index (κ3) is 6.78. The van der Waals surface area contributed by atoms with Crippen molar-refractivity contribution in [1.82, 2.24) is 25.1 Å². The smallest absolute Gasteiger partial charge is 0.225 e. The van der Waals surface area contributed by atoms with Crippen molar-refractivity contribution in [2.75, 3.05) is 63.8 Å². The molecule has 1 atom stereocenters. The van der Waals surface area contributed by atoms with Gasteiger partial charge in [-0.25, -0.2) is 9.97 Å². The quantitative estimate of drug-likeness (QED) is 0.248. The molecule has 0 bridgehead atoms. The highest BCUT2D eigenvalue weighted by atomic mass is 127. The average molecular weight is 550 g/mol. The minimum atomic E-state index is 0. The Morgan fingerprint density at radius 2 is 1.78 bits per heavy atom. The largest absolute Gasteiger partial charge is 0.357 e. The van der Waals surface area contributed by atoms with E-state index >= 15 is 0 Å². The van der Waals surface area contributed by atoms with Gasteiger partial charge in [-0.3, -0.25) is 9.89 Å². The summed E-state index contributed by atoms with van der Waals surface area (Å²) in [6.07, 6.45) is 5.92. The molecule has 0 aliphatic carbocycles. The van der Waals surface area contributed by atoms with Gasteiger partial charge in [0.2, 0.25) is 5.95 Å². The van der Waals surface area contributed by atoms with Gasteiger partial charge >= 0.3 is 0 Å². The number of nitrogens with one attached hydrogen (secondary N) is 1. The molecule has 1 N–H and O–H groups in total. The summed E-state index contributed by atoms with van der Waals surface area (Å²) in [7, 11) is 0. The minimum Gasteiger partial charge on any atom is -0.357 e. The van der Waals surface area contributed by atoms with Crippen molar-refractivity contribution in [2.24, 2.45) is 4.99 Å². The Kier molecular flexibility index (Phi) is 9.98. The first-order valence-corrected chi connectivity index (χ1v) is 11.7. The lowest BCUT2D eigenvalue weighted by Gasteiger charge is -2.34. The number of nitrogens with zero attached hydrogens (tertiary/aromatic N) is 6. The topological polar surface area (TPSA) is 59.9 Å². The molecule has 3 heterocycles. The van der Waals surface area contributed by atoms with E-state index in [-0.39, 0.29) is 24.0 Å². The van der Waals surface area contributed by atoms with E-state index in [0.717, 1.165) is 77.2 Å². The number of hydrogen-bond donors (Lipinski definition) is 1. The second-order valence-corrected chi connectivity index (χ2v) is 8.31. The Balaban J connectivity index is 0.00000289. The zero-order chi connectivity index (χ0) is 21.3. The molecule has 2 aliphatic heterocycles. The molecule has 0 amide bonds. The maximum atomic E-state index is 4.94. The van der Waals surface area contributed by atoms with Crippen LogP contribution < -0.4 is 10.2 Å². The molecule has 2 aromatic rings. The Hall–Kier alpha value is -1.94. The van der Waals surface area contributed by atoms with Gasteiger partial charge in [0.05, 0.1) is 0 Å². The first-order valence-electron chi connectivity index (χ1n) is 11.7. The molecule has 1 aromatic heterocycles. The summed E-state index contributed by atoms with van der Waals surface area (Å²) in [5.41, 5.74) is 1.45. The minimum absolute atomic E-state index is 0. The van der Waals surface area contributed by atoms with Gasteiger partial charge in [-0.1, -0.05) is 30.3 Å². The monoisotopic (exact) mass is 549 g/mol. The summed E-state index contributed by atoms with van der Waals surface area (Å²) < 4.78 is 0. The van der Waals surface area contributed by atoms with E-state index in [1.54, 1.807) is 0 Å². The van der Waals surface area contributed by atoms with Gasteiger partial charge in [0.25, 0.3) is 0 Å². The van der Waals surface area contributed by atoms with Crippen LogP contribution in [0.1, 0.15) is 31.2 Å². The Bertz CT molecular complexity index is 810. The second-order valence-electron chi connectivity index (χ2n) is 8.31. The summed E-state index contributed by atoms with van der Waals surface area (Å²) in [6, 6.07) is 12.8. The van der Waals surface area contributed by atoms with Gasteiger partial charge < -0.3 is 15.1 Å². The van der Waals surface area contributed by atoms with Crippen molar-refractivity contribution in [3.63, 3.8) is 0 Å². The number of anilines is 1. The zero-order valence-corrected chi connectivity index (χ0v) is 21.4. The first-order chi connectivity index (χ1) is 15.3. The Morgan fingerprint density at radius 3 is 2.50 bits per heavy atom. The summed E-state index contributed by atoms with van der Waals surface area (Å²) in [5, 5.41) is 3.50. The number of hydrogen-bond acceptors (Lipinski definition) is 5. The lowest BCUT2D eigenvalue weighted by molar-refractivity contribution is 0.255. The van der Waals surface area contributed by atoms with Crippen molar-refractivity contribution in [3.05, 3.63) is 54.4 Å². The van der Waals surface area contributed by atoms with Crippen LogP contribution in [0.2, 0.25) is 0 Å². The van der Waals surface area contributed by atoms with Crippen LogP contribution >= 0.6 is 24.0 Å². The molecule has 0 spiro atoms. The molecule has 7 nitrogen and oxygen atoms in total. The highest BCUT2D eigenvalue weighted by molar-refractivity contribution is 14.0. The summed E-state index contributed by atoms with van der Waals surface area (Å²) in [6.45, 7) is 11.3. The molecule has 0 saturated carbocycles. The van der Waals surface area contributed by atoms with Crippen LogP contribution in [-0.4, -0.2) is 84.6 Å². The molecule has 2 aliphatic rings. The van der Waals surface area contributed by atoms with Crippen LogP contribution in [0.3, 0.4) is 0 Å². The lowest BCUT2D eigenvalue weighted by Crippen LogP contribution is -2.47. The SMILES string of the molecule is CCNC(=NCCCN1CCN(c2ncccn2)CC1)N1CCC(c2ccccc2)C1.I. The van der Waals surface area contributed by atoms with Crippen molar-refractivity contribution in [3.8, 4) is 0 Å². The average Bonchev–Trinajstić information content (AvgIpc) is 3.33. The van der Waals surface area contributed by atoms with Crippen LogP contribution in [0.5, 0.6) is 0 Å². The fraction of sp³-hybridized carbons (Fsp3) is 0.542. The van der Waals surface area contributed by atoms with Crippen LogP contribution in [-0.2, 0) is 0 Å². The molecule has 1 aromatic carbocycles. The molecule has 1 unspecified atom stereocenters. The molecule has 0 radical (unpaired) electrons. The zero-order valence-electron chi connectivity index (χ0n) is 19.1. The van der Waals surface area contributed by atoms with Gasteiger partial charge in [0, 0.05) is 77.2 Å². The first kappa shape index (κ1) is 24.7. The van der Waals surface area contributed by atoms with Gasteiger partial charge in [-0.15, -0.1) is 24.0 Å². The van der Waals surface area contributed by atoms with E-state index in [1.165, 1.54) is 12.0 Å². The van der Waals surface area contributed by atoms with Crippen molar-refractivity contribution < 1.29 is 0 Å². The van der Waals surface area contributed by atoms with Crippen molar-refractivity contribution >= 4 is 35.9 Å². The highest BCUT2D eigenvalue weighted by Crippen LogP contribution is 2.26. The molecule has 4 rings (SSSR count). The maximum Gasteiger partial charge on any atom is 0.225 e. The lowest BCUT2D eigenvalue weighted by atomic mass is 9.99.